The van der Waals surface area contributed by atoms with Gasteiger partial charge in [0.2, 0.25) is 0 Å². The maximum absolute atomic E-state index is 9.80. The zero-order valence-corrected chi connectivity index (χ0v) is 41.7. The third kappa shape index (κ3) is 7.77. The van der Waals surface area contributed by atoms with Gasteiger partial charge in [-0.1, -0.05) is 236 Å². The molecule has 0 aromatic heterocycles. The van der Waals surface area contributed by atoms with Crippen LogP contribution in [0.25, 0.3) is 61.2 Å². The Morgan fingerprint density at radius 1 is 0.500 bits per heavy atom. The molecule has 10 aromatic rings. The molecule has 0 bridgehead atoms. The summed E-state index contributed by atoms with van der Waals surface area (Å²) >= 11 is 0. The predicted octanol–water partition coefficient (Wildman–Crippen LogP) is 17.6. The molecule has 3 nitrogen and oxygen atoms in total. The standard InChI is InChI=1S/C56H38N2.C13H12.C2H5N/c57-54(38-20-8-3-9-21-38)45-24-15-26-49-53(45)46-35-39(42-33-40(36-16-4-1-5-17-36)32-41(34-42)37-18-6-2-7-19-37)30-31-47(46)56(49)48-25-11-13-29-52(48)58-51-28-12-10-22-43(51)44-23-14-27-50(56)55(44)58;1-11-7-9-13(10-8-11)12-5-3-2-4-6-12;1-3-2/h1-27,29-35,51,57H,28H2;2-10H,1H3;1H2,2H3. The van der Waals surface area contributed by atoms with Crippen LogP contribution in [0.5, 0.6) is 0 Å². The van der Waals surface area contributed by atoms with Crippen molar-refractivity contribution in [1.29, 1.82) is 5.41 Å². The maximum Gasteiger partial charge on any atom is 0.0754 e. The number of nitrogens with zero attached hydrogens (tertiary/aromatic N) is 2. The summed E-state index contributed by atoms with van der Waals surface area (Å²) in [6.45, 7) is 5.22. The minimum absolute atomic E-state index is 0.260. The van der Waals surface area contributed by atoms with Crippen LogP contribution in [0.4, 0.5) is 11.4 Å². The Bertz CT molecular complexity index is 3740. The first-order valence-corrected chi connectivity index (χ1v) is 25.5. The molecule has 14 rings (SSSR count). The number of benzene rings is 10. The van der Waals surface area contributed by atoms with Gasteiger partial charge in [-0.3, -0.25) is 5.41 Å². The minimum Gasteiger partial charge on any atom is -0.332 e. The quantitative estimate of drug-likeness (QED) is 0.166. The molecule has 74 heavy (non-hydrogen) atoms. The minimum atomic E-state index is -0.586. The summed E-state index contributed by atoms with van der Waals surface area (Å²) in [4.78, 5) is 5.88. The van der Waals surface area contributed by atoms with E-state index >= 15 is 0 Å². The van der Waals surface area contributed by atoms with Crippen molar-refractivity contribution in [3.8, 4) is 55.6 Å². The molecule has 1 spiro atoms. The molecular weight excluding hydrogens is 895 g/mol. The first kappa shape index (κ1) is 45.9. The molecule has 1 N–H and O–H groups in total. The van der Waals surface area contributed by atoms with E-state index in [1.807, 2.05) is 24.3 Å². The zero-order valence-electron chi connectivity index (χ0n) is 41.7. The monoisotopic (exact) mass is 949 g/mol. The number of nitrogens with one attached hydrogen (secondary N) is 1. The molecule has 0 amide bonds. The molecule has 354 valence electrons. The highest BCUT2D eigenvalue weighted by Gasteiger charge is 2.55. The predicted molar refractivity (Wildman–Crippen MR) is 312 cm³/mol. The fourth-order valence-corrected chi connectivity index (χ4v) is 11.9. The second-order valence-corrected chi connectivity index (χ2v) is 19.4. The largest absolute Gasteiger partial charge is 0.332 e. The second-order valence-electron chi connectivity index (χ2n) is 19.4. The molecule has 0 radical (unpaired) electrons. The van der Waals surface area contributed by atoms with Crippen LogP contribution in [0.2, 0.25) is 0 Å². The summed E-state index contributed by atoms with van der Waals surface area (Å²) in [5.74, 6) is 0. The molecule has 3 heteroatoms. The molecule has 0 fully saturated rings. The van der Waals surface area contributed by atoms with Gasteiger partial charge in [-0.25, -0.2) is 0 Å². The van der Waals surface area contributed by atoms with E-state index in [9.17, 15) is 5.41 Å². The zero-order chi connectivity index (χ0) is 50.2. The Kier molecular flexibility index (Phi) is 12.1. The maximum atomic E-state index is 9.80. The summed E-state index contributed by atoms with van der Waals surface area (Å²) < 4.78 is 0. The van der Waals surface area contributed by atoms with Crippen molar-refractivity contribution >= 4 is 29.4 Å². The van der Waals surface area contributed by atoms with Crippen LogP contribution in [0, 0.1) is 12.3 Å². The van der Waals surface area contributed by atoms with Crippen molar-refractivity contribution < 1.29 is 0 Å². The number of anilines is 2. The molecule has 0 saturated heterocycles. The van der Waals surface area contributed by atoms with Crippen LogP contribution in [-0.2, 0) is 5.41 Å². The highest BCUT2D eigenvalue weighted by Crippen LogP contribution is 2.66. The van der Waals surface area contributed by atoms with Crippen molar-refractivity contribution in [2.75, 3.05) is 11.9 Å². The third-order valence-electron chi connectivity index (χ3n) is 15.1. The van der Waals surface area contributed by atoms with Gasteiger partial charge in [0, 0.05) is 29.4 Å². The van der Waals surface area contributed by atoms with Gasteiger partial charge in [-0.05, 0) is 134 Å². The van der Waals surface area contributed by atoms with Crippen LogP contribution < -0.4 is 4.90 Å². The van der Waals surface area contributed by atoms with Crippen molar-refractivity contribution in [2.24, 2.45) is 4.99 Å². The van der Waals surface area contributed by atoms with Gasteiger partial charge in [-0.15, -0.1) is 0 Å². The Morgan fingerprint density at radius 3 is 1.66 bits per heavy atom. The first-order chi connectivity index (χ1) is 36.5. The molecule has 2 aliphatic carbocycles. The smallest absolute Gasteiger partial charge is 0.0754 e. The van der Waals surface area contributed by atoms with Gasteiger partial charge in [-0.2, -0.15) is 0 Å². The Hall–Kier alpha value is -9.18. The molecule has 2 heterocycles. The SMILES string of the molecule is C=NC.Cc1ccc(-c2ccccc2)cc1.N=C(c1ccccc1)c1cccc2c1-c1cc(-c3cc(-c4ccccc4)cc(-c4ccccc4)c3)ccc1C21c2ccccc2N2c3c(cccc31)C1=CC=CCC12. The lowest BCUT2D eigenvalue weighted by atomic mass is 9.64. The van der Waals surface area contributed by atoms with Crippen molar-refractivity contribution in [3.05, 3.63) is 305 Å². The van der Waals surface area contributed by atoms with E-state index in [4.69, 9.17) is 0 Å². The Morgan fingerprint density at radius 2 is 1.01 bits per heavy atom. The van der Waals surface area contributed by atoms with Crippen LogP contribution in [0.15, 0.2) is 266 Å². The Balaban J connectivity index is 0.000000299. The number of rotatable bonds is 6. The van der Waals surface area contributed by atoms with E-state index in [0.717, 1.165) is 28.7 Å². The van der Waals surface area contributed by atoms with Gasteiger partial charge in [0.1, 0.15) is 0 Å². The van der Waals surface area contributed by atoms with Gasteiger partial charge in [0.05, 0.1) is 22.9 Å². The van der Waals surface area contributed by atoms with Gasteiger partial charge in [0.25, 0.3) is 0 Å². The van der Waals surface area contributed by atoms with Gasteiger partial charge >= 0.3 is 0 Å². The molecule has 2 atom stereocenters. The number of hydrogen-bond acceptors (Lipinski definition) is 3. The van der Waals surface area contributed by atoms with E-state index in [2.05, 4.69) is 260 Å². The number of aryl methyl sites for hydroxylation is 1. The first-order valence-electron chi connectivity index (χ1n) is 25.5. The number of para-hydroxylation sites is 2. The lowest BCUT2D eigenvalue weighted by Gasteiger charge is -2.45. The fraction of sp³-hybridized carbons (Fsp3) is 0.0704. The topological polar surface area (TPSA) is 39.5 Å². The number of aliphatic imine (C=N–C) groups is 1. The molecule has 0 saturated carbocycles. The summed E-state index contributed by atoms with van der Waals surface area (Å²) in [6, 6.07) is 87.9. The van der Waals surface area contributed by atoms with E-state index in [1.165, 1.54) is 94.8 Å². The molecule has 2 aliphatic heterocycles. The molecular formula is C71H55N3. The summed E-state index contributed by atoms with van der Waals surface area (Å²) in [6.07, 6.45) is 7.84. The van der Waals surface area contributed by atoms with Crippen molar-refractivity contribution in [1.82, 2.24) is 0 Å². The summed E-state index contributed by atoms with van der Waals surface area (Å²) in [5.41, 5.74) is 25.5. The van der Waals surface area contributed by atoms with E-state index in [-0.39, 0.29) is 6.04 Å². The summed E-state index contributed by atoms with van der Waals surface area (Å²) in [5, 5.41) is 9.80. The lowest BCUT2D eigenvalue weighted by Crippen LogP contribution is -2.39. The number of hydrogen-bond donors (Lipinski definition) is 1. The average molecular weight is 950 g/mol. The van der Waals surface area contributed by atoms with E-state index in [1.54, 1.807) is 7.05 Å². The summed E-state index contributed by atoms with van der Waals surface area (Å²) in [7, 11) is 1.64. The average Bonchev–Trinajstić information content (AvgIpc) is 4.01. The van der Waals surface area contributed by atoms with Crippen molar-refractivity contribution in [2.45, 2.75) is 24.8 Å². The highest BCUT2D eigenvalue weighted by atomic mass is 15.2. The van der Waals surface area contributed by atoms with Crippen LogP contribution in [0.1, 0.15) is 50.9 Å². The normalized spacial score (nSPS) is 15.7. The van der Waals surface area contributed by atoms with Gasteiger partial charge in [0.15, 0.2) is 0 Å². The fourth-order valence-electron chi connectivity index (χ4n) is 11.9. The molecule has 2 unspecified atom stereocenters. The molecule has 10 aromatic carbocycles. The van der Waals surface area contributed by atoms with Crippen LogP contribution in [0.3, 0.4) is 0 Å². The number of fused-ring (bicyclic) bond motifs is 12. The second kappa shape index (κ2) is 19.4. The van der Waals surface area contributed by atoms with Crippen molar-refractivity contribution in [3.63, 3.8) is 0 Å². The number of allylic oxidation sites excluding steroid dienone is 2. The third-order valence-corrected chi connectivity index (χ3v) is 15.1. The lowest BCUT2D eigenvalue weighted by molar-refractivity contribution is 0.721. The van der Waals surface area contributed by atoms with Crippen LogP contribution in [-0.4, -0.2) is 25.5 Å². The molecule has 4 aliphatic rings. The van der Waals surface area contributed by atoms with E-state index in [0.29, 0.717) is 5.71 Å². The van der Waals surface area contributed by atoms with Gasteiger partial charge < -0.3 is 9.89 Å². The van der Waals surface area contributed by atoms with Crippen LogP contribution >= 0.6 is 0 Å². The van der Waals surface area contributed by atoms with E-state index < -0.39 is 5.41 Å². The highest BCUT2D eigenvalue weighted by molar-refractivity contribution is 6.17. The Labute approximate surface area is 435 Å².